The highest BCUT2D eigenvalue weighted by Gasteiger charge is 2.25. The standard InChI is InChI=1S/C10H20N2O2/c1-8(2)3-4-11-10(14)7-12-5-9(13)6-12/h8-9,13H,3-7H2,1-2H3,(H,11,14). The second-order valence-electron chi connectivity index (χ2n) is 4.38. The summed E-state index contributed by atoms with van der Waals surface area (Å²) in [5, 5.41) is 11.9. The summed E-state index contributed by atoms with van der Waals surface area (Å²) in [6, 6.07) is 0. The molecule has 82 valence electrons. The summed E-state index contributed by atoms with van der Waals surface area (Å²) < 4.78 is 0. The number of hydrogen-bond donors (Lipinski definition) is 2. The van der Waals surface area contributed by atoms with Crippen molar-refractivity contribution >= 4 is 5.91 Å². The van der Waals surface area contributed by atoms with Gasteiger partial charge in [0.15, 0.2) is 0 Å². The number of likely N-dealkylation sites (tertiary alicyclic amines) is 1. The molecular weight excluding hydrogens is 180 g/mol. The van der Waals surface area contributed by atoms with Gasteiger partial charge in [0.2, 0.25) is 5.91 Å². The zero-order valence-electron chi connectivity index (χ0n) is 8.99. The van der Waals surface area contributed by atoms with Crippen molar-refractivity contribution in [3.63, 3.8) is 0 Å². The normalized spacial score (nSPS) is 18.3. The molecule has 2 N–H and O–H groups in total. The number of nitrogens with zero attached hydrogens (tertiary/aromatic N) is 1. The quantitative estimate of drug-likeness (QED) is 0.647. The number of carbonyl (C=O) groups excluding carboxylic acids is 1. The first-order valence-electron chi connectivity index (χ1n) is 5.25. The Bertz CT molecular complexity index is 189. The van der Waals surface area contributed by atoms with Gasteiger partial charge in [-0.1, -0.05) is 13.8 Å². The fourth-order valence-electron chi connectivity index (χ4n) is 1.43. The van der Waals surface area contributed by atoms with E-state index in [4.69, 9.17) is 5.11 Å². The van der Waals surface area contributed by atoms with Gasteiger partial charge in [0.05, 0.1) is 12.6 Å². The van der Waals surface area contributed by atoms with Crippen molar-refractivity contribution in [1.82, 2.24) is 10.2 Å². The molecule has 1 fully saturated rings. The van der Waals surface area contributed by atoms with Crippen molar-refractivity contribution in [2.45, 2.75) is 26.4 Å². The maximum Gasteiger partial charge on any atom is 0.234 e. The number of nitrogens with one attached hydrogen (secondary N) is 1. The zero-order valence-corrected chi connectivity index (χ0v) is 8.99. The molecule has 1 amide bonds. The van der Waals surface area contributed by atoms with Crippen LogP contribution in [0.1, 0.15) is 20.3 Å². The van der Waals surface area contributed by atoms with Crippen molar-refractivity contribution in [3.05, 3.63) is 0 Å². The van der Waals surface area contributed by atoms with Crippen molar-refractivity contribution in [1.29, 1.82) is 0 Å². The molecule has 1 heterocycles. The molecule has 14 heavy (non-hydrogen) atoms. The highest BCUT2D eigenvalue weighted by molar-refractivity contribution is 5.78. The van der Waals surface area contributed by atoms with E-state index in [1.807, 2.05) is 4.90 Å². The van der Waals surface area contributed by atoms with Gasteiger partial charge < -0.3 is 10.4 Å². The largest absolute Gasteiger partial charge is 0.390 e. The molecule has 4 nitrogen and oxygen atoms in total. The Hall–Kier alpha value is -0.610. The number of carbonyl (C=O) groups is 1. The van der Waals surface area contributed by atoms with Gasteiger partial charge in [0.25, 0.3) is 0 Å². The maximum atomic E-state index is 11.3. The molecule has 1 saturated heterocycles. The summed E-state index contributed by atoms with van der Waals surface area (Å²) in [5.74, 6) is 0.693. The topological polar surface area (TPSA) is 52.6 Å². The van der Waals surface area contributed by atoms with Crippen LogP contribution in [-0.4, -0.2) is 48.2 Å². The molecule has 0 atom stereocenters. The second kappa shape index (κ2) is 5.32. The Morgan fingerprint density at radius 1 is 1.57 bits per heavy atom. The van der Waals surface area contributed by atoms with Crippen molar-refractivity contribution in [2.75, 3.05) is 26.2 Å². The molecule has 0 aromatic carbocycles. The van der Waals surface area contributed by atoms with Crippen molar-refractivity contribution in [3.8, 4) is 0 Å². The van der Waals surface area contributed by atoms with Gasteiger partial charge in [0.1, 0.15) is 0 Å². The lowest BCUT2D eigenvalue weighted by Crippen LogP contribution is -2.54. The fraction of sp³-hybridized carbons (Fsp3) is 0.900. The number of β-amino-alcohol motifs (C(OH)–C–C–N with tert-alkyl or cyclic N) is 1. The first-order chi connectivity index (χ1) is 6.58. The monoisotopic (exact) mass is 200 g/mol. The van der Waals surface area contributed by atoms with Crippen LogP contribution in [0.2, 0.25) is 0 Å². The predicted octanol–water partition coefficient (Wildman–Crippen LogP) is -0.175. The van der Waals surface area contributed by atoms with Crippen LogP contribution in [0.4, 0.5) is 0 Å². The van der Waals surface area contributed by atoms with Gasteiger partial charge >= 0.3 is 0 Å². The number of hydrogen-bond acceptors (Lipinski definition) is 3. The summed E-state index contributed by atoms with van der Waals surface area (Å²) in [4.78, 5) is 13.2. The summed E-state index contributed by atoms with van der Waals surface area (Å²) in [5.41, 5.74) is 0. The van der Waals surface area contributed by atoms with Crippen LogP contribution < -0.4 is 5.32 Å². The molecule has 0 radical (unpaired) electrons. The highest BCUT2D eigenvalue weighted by atomic mass is 16.3. The van der Waals surface area contributed by atoms with Crippen LogP contribution in [-0.2, 0) is 4.79 Å². The molecule has 1 rings (SSSR count). The molecule has 0 aromatic heterocycles. The lowest BCUT2D eigenvalue weighted by atomic mass is 10.1. The zero-order chi connectivity index (χ0) is 10.6. The van der Waals surface area contributed by atoms with Crippen LogP contribution in [0.25, 0.3) is 0 Å². The Balaban J connectivity index is 1.99. The summed E-state index contributed by atoms with van der Waals surface area (Å²) in [6.45, 7) is 6.73. The third-order valence-electron chi connectivity index (χ3n) is 2.35. The number of amides is 1. The average Bonchev–Trinajstić information content (AvgIpc) is 2.00. The Morgan fingerprint density at radius 3 is 2.71 bits per heavy atom. The molecule has 1 aliphatic heterocycles. The number of aliphatic hydroxyl groups excluding tert-OH is 1. The SMILES string of the molecule is CC(C)CCNC(=O)CN1CC(O)C1. The fourth-order valence-corrected chi connectivity index (χ4v) is 1.43. The van der Waals surface area contributed by atoms with E-state index in [9.17, 15) is 4.79 Å². The van der Waals surface area contributed by atoms with Gasteiger partial charge in [0, 0.05) is 19.6 Å². The lowest BCUT2D eigenvalue weighted by molar-refractivity contribution is -0.124. The predicted molar refractivity (Wildman–Crippen MR) is 54.9 cm³/mol. The smallest absolute Gasteiger partial charge is 0.234 e. The van der Waals surface area contributed by atoms with E-state index >= 15 is 0 Å². The van der Waals surface area contributed by atoms with Gasteiger partial charge in [-0.25, -0.2) is 0 Å². The first kappa shape index (κ1) is 11.5. The molecule has 0 aliphatic carbocycles. The summed E-state index contributed by atoms with van der Waals surface area (Å²) in [6.07, 6.45) is 0.799. The van der Waals surface area contributed by atoms with Crippen LogP contribution in [0.15, 0.2) is 0 Å². The number of rotatable bonds is 5. The lowest BCUT2D eigenvalue weighted by Gasteiger charge is -2.35. The Kier molecular flexibility index (Phi) is 4.35. The van der Waals surface area contributed by atoms with E-state index in [-0.39, 0.29) is 12.0 Å². The Labute approximate surface area is 85.3 Å². The molecular formula is C10H20N2O2. The number of aliphatic hydroxyl groups is 1. The van der Waals surface area contributed by atoms with Gasteiger partial charge in [-0.2, -0.15) is 0 Å². The van der Waals surface area contributed by atoms with Gasteiger partial charge in [-0.3, -0.25) is 9.69 Å². The highest BCUT2D eigenvalue weighted by Crippen LogP contribution is 2.05. The molecule has 0 unspecified atom stereocenters. The summed E-state index contributed by atoms with van der Waals surface area (Å²) >= 11 is 0. The van der Waals surface area contributed by atoms with Gasteiger partial charge in [-0.05, 0) is 12.3 Å². The van der Waals surface area contributed by atoms with E-state index in [1.165, 1.54) is 0 Å². The van der Waals surface area contributed by atoms with E-state index < -0.39 is 0 Å². The molecule has 1 aliphatic rings. The van der Waals surface area contributed by atoms with Crippen LogP contribution in [0.3, 0.4) is 0 Å². The Morgan fingerprint density at radius 2 is 2.21 bits per heavy atom. The second-order valence-corrected chi connectivity index (χ2v) is 4.38. The minimum absolute atomic E-state index is 0.0672. The minimum Gasteiger partial charge on any atom is -0.390 e. The third-order valence-corrected chi connectivity index (χ3v) is 2.35. The average molecular weight is 200 g/mol. The first-order valence-corrected chi connectivity index (χ1v) is 5.25. The van der Waals surface area contributed by atoms with E-state index in [2.05, 4.69) is 19.2 Å². The van der Waals surface area contributed by atoms with E-state index in [1.54, 1.807) is 0 Å². The van der Waals surface area contributed by atoms with E-state index in [0.29, 0.717) is 25.6 Å². The van der Waals surface area contributed by atoms with Crippen LogP contribution in [0, 0.1) is 5.92 Å². The molecule has 4 heteroatoms. The van der Waals surface area contributed by atoms with Crippen LogP contribution in [0.5, 0.6) is 0 Å². The van der Waals surface area contributed by atoms with Gasteiger partial charge in [-0.15, -0.1) is 0 Å². The maximum absolute atomic E-state index is 11.3. The van der Waals surface area contributed by atoms with E-state index in [0.717, 1.165) is 13.0 Å². The van der Waals surface area contributed by atoms with Crippen molar-refractivity contribution in [2.24, 2.45) is 5.92 Å². The molecule has 0 aromatic rings. The molecule has 0 bridgehead atoms. The summed E-state index contributed by atoms with van der Waals surface area (Å²) in [7, 11) is 0. The molecule has 0 saturated carbocycles. The van der Waals surface area contributed by atoms with Crippen molar-refractivity contribution < 1.29 is 9.90 Å². The molecule has 0 spiro atoms. The minimum atomic E-state index is -0.224. The van der Waals surface area contributed by atoms with Crippen LogP contribution >= 0.6 is 0 Å². The third kappa shape index (κ3) is 4.07.